The number of benzene rings is 1. The van der Waals surface area contributed by atoms with E-state index >= 15 is 0 Å². The van der Waals surface area contributed by atoms with E-state index in [1.165, 1.54) is 5.69 Å². The van der Waals surface area contributed by atoms with Crippen molar-refractivity contribution < 1.29 is 4.79 Å². The average molecular weight is 367 g/mol. The average Bonchev–Trinajstić information content (AvgIpc) is 2.70. The van der Waals surface area contributed by atoms with Crippen LogP contribution >= 0.6 is 0 Å². The quantitative estimate of drug-likeness (QED) is 0.736. The number of hydrogen-bond donors (Lipinski definition) is 2. The molecule has 144 valence electrons. The van der Waals surface area contributed by atoms with E-state index in [9.17, 15) is 4.79 Å². The van der Waals surface area contributed by atoms with Crippen LogP contribution in [0.3, 0.4) is 0 Å². The van der Waals surface area contributed by atoms with E-state index in [4.69, 9.17) is 0 Å². The number of piperazine rings is 1. The Balaban J connectivity index is 1.58. The molecule has 2 heterocycles. The van der Waals surface area contributed by atoms with Crippen molar-refractivity contribution >= 4 is 23.0 Å². The van der Waals surface area contributed by atoms with Crippen molar-refractivity contribution in [1.29, 1.82) is 0 Å². The minimum absolute atomic E-state index is 0.144. The number of carbonyl (C=O) groups excluding carboxylic acids is 1. The fourth-order valence-electron chi connectivity index (χ4n) is 3.09. The predicted molar refractivity (Wildman–Crippen MR) is 112 cm³/mol. The van der Waals surface area contributed by atoms with E-state index in [1.807, 2.05) is 18.2 Å². The summed E-state index contributed by atoms with van der Waals surface area (Å²) in [5, 5.41) is 6.26. The van der Waals surface area contributed by atoms with Crippen molar-refractivity contribution in [1.82, 2.24) is 9.88 Å². The molecule has 1 fully saturated rings. The molecule has 0 saturated carbocycles. The number of unbranched alkanes of at least 4 members (excludes halogenated alkanes) is 1. The van der Waals surface area contributed by atoms with E-state index in [-0.39, 0.29) is 5.91 Å². The fourth-order valence-corrected chi connectivity index (χ4v) is 3.09. The molecule has 1 aliphatic heterocycles. The summed E-state index contributed by atoms with van der Waals surface area (Å²) in [6.07, 6.45) is 5.57. The monoisotopic (exact) mass is 367 g/mol. The SMILES string of the molecule is CCCCNc1cncc(C(=O)Nc2ccc(N3CCN(C)CC3)cc2)c1. The number of anilines is 3. The van der Waals surface area contributed by atoms with Crippen molar-refractivity contribution in [3.05, 3.63) is 48.3 Å². The lowest BCUT2D eigenvalue weighted by atomic mass is 10.2. The number of pyridine rings is 1. The minimum Gasteiger partial charge on any atom is -0.384 e. The van der Waals surface area contributed by atoms with Crippen LogP contribution in [0, 0.1) is 0 Å². The number of likely N-dealkylation sites (N-methyl/N-ethyl adjacent to an activating group) is 1. The van der Waals surface area contributed by atoms with Crippen molar-refractivity contribution in [2.24, 2.45) is 0 Å². The maximum absolute atomic E-state index is 12.5. The summed E-state index contributed by atoms with van der Waals surface area (Å²) in [5.41, 5.74) is 3.42. The molecule has 27 heavy (non-hydrogen) atoms. The zero-order valence-corrected chi connectivity index (χ0v) is 16.2. The number of amides is 1. The van der Waals surface area contributed by atoms with Gasteiger partial charge < -0.3 is 20.4 Å². The van der Waals surface area contributed by atoms with Crippen molar-refractivity contribution in [2.75, 3.05) is 55.3 Å². The Morgan fingerprint density at radius 1 is 1.07 bits per heavy atom. The van der Waals surface area contributed by atoms with E-state index < -0.39 is 0 Å². The van der Waals surface area contributed by atoms with E-state index in [0.29, 0.717) is 5.56 Å². The highest BCUT2D eigenvalue weighted by Gasteiger charge is 2.14. The molecular formula is C21H29N5O. The molecule has 0 atom stereocenters. The molecule has 6 nitrogen and oxygen atoms in total. The zero-order chi connectivity index (χ0) is 19.1. The number of hydrogen-bond acceptors (Lipinski definition) is 5. The molecular weight excluding hydrogens is 338 g/mol. The Kier molecular flexibility index (Phi) is 6.65. The number of nitrogens with zero attached hydrogens (tertiary/aromatic N) is 3. The molecule has 3 rings (SSSR count). The third-order valence-electron chi connectivity index (χ3n) is 4.85. The summed E-state index contributed by atoms with van der Waals surface area (Å²) in [5.74, 6) is -0.144. The van der Waals surface area contributed by atoms with Crippen LogP contribution in [-0.4, -0.2) is 55.6 Å². The molecule has 1 aromatic heterocycles. The second kappa shape index (κ2) is 9.37. The molecule has 2 aromatic rings. The van der Waals surface area contributed by atoms with Crippen molar-refractivity contribution in [3.8, 4) is 0 Å². The summed E-state index contributed by atoms with van der Waals surface area (Å²) in [6, 6.07) is 9.91. The third kappa shape index (κ3) is 5.44. The third-order valence-corrected chi connectivity index (χ3v) is 4.85. The molecule has 1 aromatic carbocycles. The van der Waals surface area contributed by atoms with Gasteiger partial charge in [-0.2, -0.15) is 0 Å². The Bertz CT molecular complexity index is 738. The molecule has 0 unspecified atom stereocenters. The van der Waals surface area contributed by atoms with Crippen LogP contribution in [0.5, 0.6) is 0 Å². The molecule has 1 saturated heterocycles. The van der Waals surface area contributed by atoms with Gasteiger partial charge in [-0.15, -0.1) is 0 Å². The van der Waals surface area contributed by atoms with E-state index in [2.05, 4.69) is 51.5 Å². The van der Waals surface area contributed by atoms with Crippen LogP contribution in [0.4, 0.5) is 17.1 Å². The van der Waals surface area contributed by atoms with E-state index in [1.54, 1.807) is 12.4 Å². The predicted octanol–water partition coefficient (Wildman–Crippen LogP) is 3.30. The molecule has 0 bridgehead atoms. The lowest BCUT2D eigenvalue weighted by Gasteiger charge is -2.34. The Morgan fingerprint density at radius 2 is 1.81 bits per heavy atom. The van der Waals surface area contributed by atoms with Gasteiger partial charge in [-0.05, 0) is 43.8 Å². The largest absolute Gasteiger partial charge is 0.384 e. The van der Waals surface area contributed by atoms with Gasteiger partial charge in [0.1, 0.15) is 0 Å². The second-order valence-corrected chi connectivity index (χ2v) is 7.03. The van der Waals surface area contributed by atoms with Gasteiger partial charge in [0.05, 0.1) is 11.3 Å². The van der Waals surface area contributed by atoms with Gasteiger partial charge in [-0.25, -0.2) is 0 Å². The van der Waals surface area contributed by atoms with Gasteiger partial charge in [-0.3, -0.25) is 9.78 Å². The van der Waals surface area contributed by atoms with Crippen molar-refractivity contribution in [3.63, 3.8) is 0 Å². The number of aromatic nitrogens is 1. The van der Waals surface area contributed by atoms with Crippen molar-refractivity contribution in [2.45, 2.75) is 19.8 Å². The summed E-state index contributed by atoms with van der Waals surface area (Å²) < 4.78 is 0. The zero-order valence-electron chi connectivity index (χ0n) is 16.2. The Hall–Kier alpha value is -2.60. The normalized spacial score (nSPS) is 14.8. The first kappa shape index (κ1) is 19.2. The van der Waals surface area contributed by atoms with Crippen LogP contribution in [0.15, 0.2) is 42.7 Å². The lowest BCUT2D eigenvalue weighted by molar-refractivity contribution is 0.102. The van der Waals surface area contributed by atoms with Gasteiger partial charge in [0, 0.05) is 56.5 Å². The second-order valence-electron chi connectivity index (χ2n) is 7.03. The molecule has 1 aliphatic rings. The first-order valence-corrected chi connectivity index (χ1v) is 9.69. The molecule has 0 spiro atoms. The van der Waals surface area contributed by atoms with E-state index in [0.717, 1.165) is 56.9 Å². The minimum atomic E-state index is -0.144. The van der Waals surface area contributed by atoms with Gasteiger partial charge >= 0.3 is 0 Å². The van der Waals surface area contributed by atoms with Gasteiger partial charge in [0.2, 0.25) is 0 Å². The smallest absolute Gasteiger partial charge is 0.257 e. The first-order chi connectivity index (χ1) is 13.2. The molecule has 0 radical (unpaired) electrons. The summed E-state index contributed by atoms with van der Waals surface area (Å²) in [6.45, 7) is 7.26. The molecule has 2 N–H and O–H groups in total. The standard InChI is InChI=1S/C21H29N5O/c1-3-4-9-23-19-14-17(15-22-16-19)21(27)24-18-5-7-20(8-6-18)26-12-10-25(2)11-13-26/h5-8,14-16,23H,3-4,9-13H2,1-2H3,(H,24,27). The van der Waals surface area contributed by atoms with Gasteiger partial charge in [0.15, 0.2) is 0 Å². The van der Waals surface area contributed by atoms with Crippen LogP contribution in [0.1, 0.15) is 30.1 Å². The van der Waals surface area contributed by atoms with Crippen LogP contribution in [0.25, 0.3) is 0 Å². The van der Waals surface area contributed by atoms with Crippen LogP contribution in [0.2, 0.25) is 0 Å². The maximum atomic E-state index is 12.5. The maximum Gasteiger partial charge on any atom is 0.257 e. The molecule has 6 heteroatoms. The molecule has 0 aliphatic carbocycles. The lowest BCUT2D eigenvalue weighted by Crippen LogP contribution is -2.44. The fraction of sp³-hybridized carbons (Fsp3) is 0.429. The topological polar surface area (TPSA) is 60.5 Å². The molecule has 1 amide bonds. The summed E-state index contributed by atoms with van der Waals surface area (Å²) in [7, 11) is 2.15. The summed E-state index contributed by atoms with van der Waals surface area (Å²) in [4.78, 5) is 21.4. The Labute approximate surface area is 161 Å². The van der Waals surface area contributed by atoms with Crippen LogP contribution in [-0.2, 0) is 0 Å². The number of carbonyl (C=O) groups is 1. The number of nitrogens with one attached hydrogen (secondary N) is 2. The van der Waals surface area contributed by atoms with Gasteiger partial charge in [-0.1, -0.05) is 13.3 Å². The first-order valence-electron chi connectivity index (χ1n) is 9.69. The number of rotatable bonds is 7. The highest BCUT2D eigenvalue weighted by atomic mass is 16.1. The highest BCUT2D eigenvalue weighted by molar-refractivity contribution is 6.04. The Morgan fingerprint density at radius 3 is 2.52 bits per heavy atom. The van der Waals surface area contributed by atoms with Crippen LogP contribution < -0.4 is 15.5 Å². The van der Waals surface area contributed by atoms with Gasteiger partial charge in [0.25, 0.3) is 5.91 Å². The summed E-state index contributed by atoms with van der Waals surface area (Å²) >= 11 is 0. The highest BCUT2D eigenvalue weighted by Crippen LogP contribution is 2.20.